The minimum Gasteiger partial charge on any atom is -0.796 e. The molecule has 0 fully saturated rings. The molecular formula is C19H22KN8STl. The van der Waals surface area contributed by atoms with Gasteiger partial charge in [0.25, 0.3) is 0 Å². The molecule has 0 saturated heterocycles. The maximum absolute atomic E-state index is 4.69. The van der Waals surface area contributed by atoms with Gasteiger partial charge in [-0.3, -0.25) is 0 Å². The van der Waals surface area contributed by atoms with E-state index < -0.39 is 0 Å². The van der Waals surface area contributed by atoms with Crippen LogP contribution in [0.3, 0.4) is 0 Å². The first-order valence-electron chi connectivity index (χ1n) is 9.10. The molecule has 0 amide bonds. The van der Waals surface area contributed by atoms with Crippen LogP contribution >= 0.6 is 0 Å². The molecule has 4 heterocycles. The van der Waals surface area contributed by atoms with Gasteiger partial charge in [0.2, 0.25) is 0 Å². The predicted molar refractivity (Wildman–Crippen MR) is 119 cm³/mol. The van der Waals surface area contributed by atoms with Gasteiger partial charge in [-0.1, -0.05) is 0 Å². The van der Waals surface area contributed by atoms with Gasteiger partial charge in [-0.05, 0) is 0 Å². The van der Waals surface area contributed by atoms with Crippen LogP contribution in [0.25, 0.3) is 11.0 Å². The number of fused-ring (bicyclic) bond motifs is 1. The van der Waals surface area contributed by atoms with E-state index in [0.717, 1.165) is 28.2 Å². The van der Waals surface area contributed by atoms with Crippen LogP contribution in [0.15, 0.2) is 49.1 Å². The van der Waals surface area contributed by atoms with Crippen molar-refractivity contribution in [2.24, 2.45) is 0 Å². The summed E-state index contributed by atoms with van der Waals surface area (Å²) in [7, 11) is 0. The first-order valence-corrected chi connectivity index (χ1v) is 11.9. The molecule has 0 aliphatic rings. The number of nitrogens with one attached hydrogen (secondary N) is 2. The number of rotatable bonds is 6. The minimum absolute atomic E-state index is 0. The summed E-state index contributed by atoms with van der Waals surface area (Å²) in [6.07, 6.45) is 9.18. The smallest absolute Gasteiger partial charge is 0.796 e. The van der Waals surface area contributed by atoms with E-state index in [0.29, 0.717) is 44.6 Å². The summed E-state index contributed by atoms with van der Waals surface area (Å²) in [4.78, 5) is 13.7. The van der Waals surface area contributed by atoms with Gasteiger partial charge in [0, 0.05) is 0 Å². The maximum atomic E-state index is 4.69. The van der Waals surface area contributed by atoms with Gasteiger partial charge in [0.1, 0.15) is 0 Å². The fourth-order valence-electron chi connectivity index (χ4n) is 2.72. The Morgan fingerprint density at radius 2 is 1.97 bits per heavy atom. The Hall–Kier alpha value is -0.512. The Labute approximate surface area is 240 Å². The summed E-state index contributed by atoms with van der Waals surface area (Å²) < 4.78 is 4.05. The van der Waals surface area contributed by atoms with Crippen molar-refractivity contribution >= 4 is 67.2 Å². The van der Waals surface area contributed by atoms with Crippen molar-refractivity contribution in [3.8, 4) is 0 Å². The Kier molecular flexibility index (Phi) is 10.7. The van der Waals surface area contributed by atoms with Crippen LogP contribution in [0.1, 0.15) is 25.6 Å². The third-order valence-corrected chi connectivity index (χ3v) is 5.74. The molecule has 0 saturated carbocycles. The Morgan fingerprint density at radius 1 is 1.17 bits per heavy atom. The average molecular weight is 638 g/mol. The molecule has 0 aromatic carbocycles. The number of anilines is 3. The molecule has 0 aliphatic carbocycles. The topological polar surface area (TPSA) is 85.5 Å². The molecule has 148 valence electrons. The number of pyridine rings is 1. The van der Waals surface area contributed by atoms with Crippen molar-refractivity contribution in [1.29, 1.82) is 0 Å². The zero-order valence-electron chi connectivity index (χ0n) is 17.6. The standard InChI is InChI=1S/C18H19N8.CH4S.K.Tl/c1-12(2)26-11-14(10-22-26)23-18-24-16-15(6-8-20-16)17(25-18)21-9-13-5-3-4-7-19-13;1-2;;/h3-8,10-12H,9H2,1-2H3,(H2-,20,21,23,24,25);2H,1H3;;/q-1;;2*+1/p-1. The van der Waals surface area contributed by atoms with Crippen molar-refractivity contribution < 1.29 is 51.4 Å². The second kappa shape index (κ2) is 12.5. The Morgan fingerprint density at radius 3 is 2.63 bits per heavy atom. The van der Waals surface area contributed by atoms with Gasteiger partial charge in [0.05, 0.1) is 0 Å². The quantitative estimate of drug-likeness (QED) is 0.229. The largest absolute Gasteiger partial charge is 1.00 e. The minimum atomic E-state index is 0. The SMILES string of the molecule is CC(C)n1cc(Nc2nc(NCc3ccccn3)c3cc[n]([Tl])c3n2)cn1.C[S-].[K+]. The van der Waals surface area contributed by atoms with Gasteiger partial charge in [-0.15, -0.1) is 0 Å². The third-order valence-electron chi connectivity index (χ3n) is 4.12. The number of hydrogen-bond acceptors (Lipinski definition) is 7. The summed E-state index contributed by atoms with van der Waals surface area (Å²) in [5, 5.41) is 12.0. The molecule has 8 nitrogen and oxygen atoms in total. The summed E-state index contributed by atoms with van der Waals surface area (Å²) in [5.74, 6) is 1.35. The van der Waals surface area contributed by atoms with Crippen LogP contribution in [0, 0.1) is 0 Å². The van der Waals surface area contributed by atoms with Crippen molar-refractivity contribution in [2.75, 3.05) is 16.9 Å². The number of nitrogens with zero attached hydrogens (tertiary/aromatic N) is 6. The number of hydrogen-bond donors (Lipinski definition) is 2. The molecule has 0 atom stereocenters. The van der Waals surface area contributed by atoms with Gasteiger partial charge in [-0.2, -0.15) is 6.26 Å². The predicted octanol–water partition coefficient (Wildman–Crippen LogP) is 0.0581. The van der Waals surface area contributed by atoms with Crippen molar-refractivity contribution in [3.63, 3.8) is 0 Å². The monoisotopic (exact) mass is 638 g/mol. The summed E-state index contributed by atoms with van der Waals surface area (Å²) in [5.41, 5.74) is 2.76. The molecule has 0 aliphatic heterocycles. The first kappa shape index (κ1) is 25.7. The Balaban J connectivity index is 0.00000104. The van der Waals surface area contributed by atoms with Crippen LogP contribution in [-0.2, 0) is 19.2 Å². The zero-order chi connectivity index (χ0) is 20.8. The fourth-order valence-corrected chi connectivity index (χ4v) is 3.81. The second-order valence-electron chi connectivity index (χ2n) is 6.46. The molecule has 0 unspecified atom stereocenters. The number of aromatic nitrogens is 6. The van der Waals surface area contributed by atoms with E-state index in [1.54, 1.807) is 18.6 Å². The molecule has 0 radical (unpaired) electrons. The molecule has 4 rings (SSSR count). The Bertz CT molecular complexity index is 1070. The summed E-state index contributed by atoms with van der Waals surface area (Å²) in [6, 6.07) is 8.24. The molecule has 30 heavy (non-hydrogen) atoms. The molecular weight excluding hydrogens is 616 g/mol. The van der Waals surface area contributed by atoms with Crippen LogP contribution in [-0.4, -0.2) is 59.4 Å². The van der Waals surface area contributed by atoms with E-state index >= 15 is 0 Å². The van der Waals surface area contributed by atoms with Gasteiger partial charge < -0.3 is 12.6 Å². The van der Waals surface area contributed by atoms with E-state index in [1.807, 2.05) is 29.1 Å². The molecule has 4 aromatic heterocycles. The summed E-state index contributed by atoms with van der Waals surface area (Å²) in [6.45, 7) is 4.79. The molecule has 2 N–H and O–H groups in total. The maximum Gasteiger partial charge on any atom is 1.00 e. The third kappa shape index (κ3) is 6.50. The normalized spacial score (nSPS) is 10.3. The van der Waals surface area contributed by atoms with E-state index in [-0.39, 0.29) is 51.4 Å². The van der Waals surface area contributed by atoms with Crippen molar-refractivity contribution in [1.82, 2.24) is 27.1 Å². The zero-order valence-corrected chi connectivity index (χ0v) is 26.0. The van der Waals surface area contributed by atoms with Gasteiger partial charge in [-0.25, -0.2) is 0 Å². The molecule has 0 spiro atoms. The second-order valence-corrected chi connectivity index (χ2v) is 8.62. The van der Waals surface area contributed by atoms with Gasteiger partial charge >= 0.3 is 225 Å². The van der Waals surface area contributed by atoms with Crippen LogP contribution in [0.5, 0.6) is 0 Å². The molecule has 0 bridgehead atoms. The summed E-state index contributed by atoms with van der Waals surface area (Å²) >= 11 is 4.71. The van der Waals surface area contributed by atoms with Gasteiger partial charge in [0.15, 0.2) is 0 Å². The fraction of sp³-hybridized carbons (Fsp3) is 0.263. The van der Waals surface area contributed by atoms with Crippen molar-refractivity contribution in [2.45, 2.75) is 26.4 Å². The van der Waals surface area contributed by atoms with E-state index in [2.05, 4.69) is 71.8 Å². The van der Waals surface area contributed by atoms with Crippen LogP contribution in [0.2, 0.25) is 0 Å². The first-order chi connectivity index (χ1) is 14.1. The van der Waals surface area contributed by atoms with E-state index in [1.165, 1.54) is 0 Å². The van der Waals surface area contributed by atoms with E-state index in [9.17, 15) is 0 Å². The average Bonchev–Trinajstić information content (AvgIpc) is 3.36. The molecule has 11 heteroatoms. The van der Waals surface area contributed by atoms with E-state index in [4.69, 9.17) is 0 Å². The van der Waals surface area contributed by atoms with Crippen LogP contribution < -0.4 is 62.0 Å². The van der Waals surface area contributed by atoms with Crippen molar-refractivity contribution in [3.05, 3.63) is 54.7 Å². The van der Waals surface area contributed by atoms with Crippen LogP contribution in [0.4, 0.5) is 17.5 Å². The molecule has 4 aromatic rings.